The second-order valence-electron chi connectivity index (χ2n) is 4.84. The SMILES string of the molecule is CCOC(=O)CCc1c(O)ccc2oc3ccccc3c12. The third-order valence-electron chi connectivity index (χ3n) is 3.51. The zero-order chi connectivity index (χ0) is 14.8. The summed E-state index contributed by atoms with van der Waals surface area (Å²) in [6.07, 6.45) is 0.658. The van der Waals surface area contributed by atoms with E-state index in [2.05, 4.69) is 0 Å². The molecule has 0 bridgehead atoms. The third kappa shape index (κ3) is 2.44. The molecule has 4 nitrogen and oxygen atoms in total. The lowest BCUT2D eigenvalue weighted by Gasteiger charge is -2.06. The number of fused-ring (bicyclic) bond motifs is 3. The monoisotopic (exact) mass is 284 g/mol. The van der Waals surface area contributed by atoms with Crippen LogP contribution in [0.25, 0.3) is 21.9 Å². The first-order chi connectivity index (χ1) is 10.2. The first kappa shape index (κ1) is 13.5. The topological polar surface area (TPSA) is 59.7 Å². The molecule has 0 aliphatic heterocycles. The van der Waals surface area contributed by atoms with Crippen molar-refractivity contribution in [2.24, 2.45) is 0 Å². The van der Waals surface area contributed by atoms with Crippen LogP contribution >= 0.6 is 0 Å². The van der Waals surface area contributed by atoms with Gasteiger partial charge in [0.1, 0.15) is 16.9 Å². The van der Waals surface area contributed by atoms with Gasteiger partial charge in [0.25, 0.3) is 0 Å². The van der Waals surface area contributed by atoms with Crippen molar-refractivity contribution in [2.75, 3.05) is 6.61 Å². The summed E-state index contributed by atoms with van der Waals surface area (Å²) in [5, 5.41) is 12.0. The Morgan fingerprint density at radius 2 is 2.00 bits per heavy atom. The number of para-hydroxylation sites is 1. The molecule has 2 aromatic carbocycles. The fourth-order valence-electron chi connectivity index (χ4n) is 2.59. The molecule has 1 aromatic heterocycles. The van der Waals surface area contributed by atoms with E-state index in [0.29, 0.717) is 18.6 Å². The fraction of sp³-hybridized carbons (Fsp3) is 0.235. The number of hydrogen-bond donors (Lipinski definition) is 1. The molecule has 0 saturated heterocycles. The number of ether oxygens (including phenoxy) is 1. The number of furan rings is 1. The summed E-state index contributed by atoms with van der Waals surface area (Å²) in [4.78, 5) is 11.5. The van der Waals surface area contributed by atoms with Crippen molar-refractivity contribution in [3.8, 4) is 5.75 Å². The van der Waals surface area contributed by atoms with E-state index in [9.17, 15) is 9.90 Å². The van der Waals surface area contributed by atoms with Gasteiger partial charge in [-0.2, -0.15) is 0 Å². The van der Waals surface area contributed by atoms with Gasteiger partial charge in [0.2, 0.25) is 0 Å². The number of esters is 1. The van der Waals surface area contributed by atoms with Crippen molar-refractivity contribution < 1.29 is 19.1 Å². The number of carbonyl (C=O) groups is 1. The summed E-state index contributed by atoms with van der Waals surface area (Å²) < 4.78 is 10.7. The molecule has 0 saturated carbocycles. The lowest BCUT2D eigenvalue weighted by atomic mass is 10.0. The molecule has 0 unspecified atom stereocenters. The first-order valence-electron chi connectivity index (χ1n) is 6.98. The quantitative estimate of drug-likeness (QED) is 0.740. The van der Waals surface area contributed by atoms with Crippen LogP contribution in [-0.4, -0.2) is 17.7 Å². The number of aryl methyl sites for hydroxylation is 1. The highest BCUT2D eigenvalue weighted by atomic mass is 16.5. The predicted octanol–water partition coefficient (Wildman–Crippen LogP) is 3.79. The molecule has 0 fully saturated rings. The molecular weight excluding hydrogens is 268 g/mol. The second-order valence-corrected chi connectivity index (χ2v) is 4.84. The molecule has 108 valence electrons. The molecule has 3 aromatic rings. The zero-order valence-corrected chi connectivity index (χ0v) is 11.8. The summed E-state index contributed by atoms with van der Waals surface area (Å²) >= 11 is 0. The standard InChI is InChI=1S/C17H16O4/c1-2-20-16(19)10-7-11-13(18)8-9-15-17(11)12-5-3-4-6-14(12)21-15/h3-6,8-9,18H,2,7,10H2,1H3. The molecule has 1 heterocycles. The van der Waals surface area contributed by atoms with Gasteiger partial charge in [-0.1, -0.05) is 18.2 Å². The minimum Gasteiger partial charge on any atom is -0.508 e. The van der Waals surface area contributed by atoms with Crippen LogP contribution in [0.5, 0.6) is 5.75 Å². The first-order valence-corrected chi connectivity index (χ1v) is 6.98. The Bertz CT molecular complexity index is 801. The van der Waals surface area contributed by atoms with Gasteiger partial charge < -0.3 is 14.3 Å². The smallest absolute Gasteiger partial charge is 0.306 e. The Morgan fingerprint density at radius 3 is 2.81 bits per heavy atom. The summed E-state index contributed by atoms with van der Waals surface area (Å²) in [6, 6.07) is 11.0. The Hall–Kier alpha value is -2.49. The number of phenols is 1. The largest absolute Gasteiger partial charge is 0.508 e. The molecule has 0 aliphatic rings. The van der Waals surface area contributed by atoms with E-state index in [-0.39, 0.29) is 18.1 Å². The molecule has 4 heteroatoms. The van der Waals surface area contributed by atoms with E-state index in [0.717, 1.165) is 21.9 Å². The fourth-order valence-corrected chi connectivity index (χ4v) is 2.59. The van der Waals surface area contributed by atoms with Crippen molar-refractivity contribution in [3.63, 3.8) is 0 Å². The van der Waals surface area contributed by atoms with Gasteiger partial charge >= 0.3 is 5.97 Å². The van der Waals surface area contributed by atoms with Crippen LogP contribution in [0.2, 0.25) is 0 Å². The molecule has 21 heavy (non-hydrogen) atoms. The maximum Gasteiger partial charge on any atom is 0.306 e. The highest BCUT2D eigenvalue weighted by Gasteiger charge is 2.15. The molecular formula is C17H16O4. The second kappa shape index (κ2) is 5.48. The summed E-state index contributed by atoms with van der Waals surface area (Å²) in [5.74, 6) is -0.0833. The van der Waals surface area contributed by atoms with E-state index in [1.54, 1.807) is 19.1 Å². The number of benzene rings is 2. The van der Waals surface area contributed by atoms with Crippen molar-refractivity contribution in [2.45, 2.75) is 19.8 Å². The van der Waals surface area contributed by atoms with Crippen molar-refractivity contribution in [3.05, 3.63) is 42.0 Å². The van der Waals surface area contributed by atoms with Crippen molar-refractivity contribution >= 4 is 27.9 Å². The highest BCUT2D eigenvalue weighted by Crippen LogP contribution is 2.36. The normalized spacial score (nSPS) is 11.1. The molecule has 0 aliphatic carbocycles. The summed E-state index contributed by atoms with van der Waals surface area (Å²) in [7, 11) is 0. The Balaban J connectivity index is 2.07. The third-order valence-corrected chi connectivity index (χ3v) is 3.51. The molecule has 0 spiro atoms. The number of hydrogen-bond acceptors (Lipinski definition) is 4. The lowest BCUT2D eigenvalue weighted by Crippen LogP contribution is -2.05. The predicted molar refractivity (Wildman–Crippen MR) is 80.3 cm³/mol. The zero-order valence-electron chi connectivity index (χ0n) is 11.8. The molecule has 3 rings (SSSR count). The number of rotatable bonds is 4. The Morgan fingerprint density at radius 1 is 1.19 bits per heavy atom. The highest BCUT2D eigenvalue weighted by molar-refractivity contribution is 6.07. The van der Waals surface area contributed by atoms with E-state index >= 15 is 0 Å². The Kier molecular flexibility index (Phi) is 3.52. The van der Waals surface area contributed by atoms with Crippen molar-refractivity contribution in [1.29, 1.82) is 0 Å². The summed E-state index contributed by atoms with van der Waals surface area (Å²) in [5.41, 5.74) is 2.22. The summed E-state index contributed by atoms with van der Waals surface area (Å²) in [6.45, 7) is 2.14. The van der Waals surface area contributed by atoms with Crippen LogP contribution in [0.15, 0.2) is 40.8 Å². The maximum absolute atomic E-state index is 11.5. The molecule has 1 N–H and O–H groups in total. The molecule has 0 atom stereocenters. The van der Waals surface area contributed by atoms with Crippen LogP contribution < -0.4 is 0 Å². The minimum atomic E-state index is -0.262. The average Bonchev–Trinajstić information content (AvgIpc) is 2.85. The van der Waals surface area contributed by atoms with Crippen LogP contribution in [0, 0.1) is 0 Å². The van der Waals surface area contributed by atoms with Gasteiger partial charge in [-0.25, -0.2) is 0 Å². The van der Waals surface area contributed by atoms with Gasteiger partial charge in [-0.3, -0.25) is 4.79 Å². The van der Waals surface area contributed by atoms with Crippen LogP contribution in [0.3, 0.4) is 0 Å². The average molecular weight is 284 g/mol. The van der Waals surface area contributed by atoms with Crippen LogP contribution in [0.4, 0.5) is 0 Å². The number of phenolic OH excluding ortho intramolecular Hbond substituents is 1. The molecule has 0 amide bonds. The van der Waals surface area contributed by atoms with Gasteiger partial charge in [-0.05, 0) is 31.5 Å². The van der Waals surface area contributed by atoms with Crippen LogP contribution in [0.1, 0.15) is 18.9 Å². The lowest BCUT2D eigenvalue weighted by molar-refractivity contribution is -0.143. The van der Waals surface area contributed by atoms with E-state index in [4.69, 9.17) is 9.15 Å². The van der Waals surface area contributed by atoms with Crippen molar-refractivity contribution in [1.82, 2.24) is 0 Å². The van der Waals surface area contributed by atoms with E-state index < -0.39 is 0 Å². The van der Waals surface area contributed by atoms with Gasteiger partial charge in [-0.15, -0.1) is 0 Å². The number of aromatic hydroxyl groups is 1. The van der Waals surface area contributed by atoms with E-state index in [1.807, 2.05) is 24.3 Å². The van der Waals surface area contributed by atoms with Gasteiger partial charge in [0.05, 0.1) is 6.61 Å². The van der Waals surface area contributed by atoms with Crippen LogP contribution in [-0.2, 0) is 16.0 Å². The maximum atomic E-state index is 11.5. The Labute approximate surface area is 121 Å². The van der Waals surface area contributed by atoms with Gasteiger partial charge in [0, 0.05) is 22.8 Å². The molecule has 0 radical (unpaired) electrons. The minimum absolute atomic E-state index is 0.179. The van der Waals surface area contributed by atoms with E-state index in [1.165, 1.54) is 0 Å². The van der Waals surface area contributed by atoms with Gasteiger partial charge in [0.15, 0.2) is 0 Å². The number of carbonyl (C=O) groups excluding carboxylic acids is 1.